The van der Waals surface area contributed by atoms with Crippen LogP contribution in [0.25, 0.3) is 0 Å². The Kier molecular flexibility index (Phi) is 156. The number of hydrogen-bond acceptors (Lipinski definition) is 0. The quantitative estimate of drug-likeness (QED) is 0.340. The van der Waals surface area contributed by atoms with Crippen molar-refractivity contribution in [2.24, 2.45) is 0 Å². The van der Waals surface area contributed by atoms with Crippen LogP contribution in [0.1, 0.15) is 0 Å². The molecule has 0 aromatic rings. The Balaban J connectivity index is -0.00000000167. The fourth-order valence-corrected chi connectivity index (χ4v) is 0. The Bertz CT molecular complexity index is 6.85. The molecular formula is Cl3HgSn. The summed E-state index contributed by atoms with van der Waals surface area (Å²) in [5, 5.41) is 0. The summed E-state index contributed by atoms with van der Waals surface area (Å²) in [5.41, 5.74) is 0. The van der Waals surface area contributed by atoms with Crippen molar-refractivity contribution < 1.29 is 49.7 Å². The summed E-state index contributed by atoms with van der Waals surface area (Å²) in [6, 6.07) is 0. The van der Waals surface area contributed by atoms with E-state index in [0.717, 1.165) is 0 Å². The summed E-state index contributed by atoms with van der Waals surface area (Å²) < 4.78 is 0. The molecule has 0 saturated heterocycles. The van der Waals surface area contributed by atoms with Crippen LogP contribution in [0.5, 0.6) is 0 Å². The average Bonchev–Trinajstić information content (AvgIpc) is 1.00. The van der Waals surface area contributed by atoms with Crippen LogP contribution in [0.2, 0.25) is 0 Å². The van der Waals surface area contributed by atoms with Crippen molar-refractivity contribution in [1.82, 2.24) is 0 Å². The van der Waals surface area contributed by atoms with Gasteiger partial charge >= 0.3 is 57.0 Å². The Labute approximate surface area is 80.6 Å². The first-order chi connectivity index (χ1) is 1.00. The molecule has 0 rings (SSSR count). The standard InChI is InChI=1S/3ClH.Hg.Sn/h3*1H;;/q;;;+1;+2/p-3. The molecule has 0 heterocycles. The predicted octanol–water partition coefficient (Wildman–Crippen LogP) is -5.69. The summed E-state index contributed by atoms with van der Waals surface area (Å²) in [6.07, 6.45) is 0. The second-order valence-electron chi connectivity index (χ2n) is 0. The molecule has 0 amide bonds. The maximum absolute atomic E-state index is 4.83. The normalized spacial score (nSPS) is 1.40. The molecule has 0 atom stereocenters. The molecule has 0 aliphatic carbocycles. The van der Waals surface area contributed by atoms with Crippen molar-refractivity contribution in [3.8, 4) is 0 Å². The van der Waals surface area contributed by atoms with E-state index in [9.17, 15) is 0 Å². The topological polar surface area (TPSA) is 0 Å². The fourth-order valence-electron chi connectivity index (χ4n) is 0. The van der Waals surface area contributed by atoms with E-state index in [1.807, 2.05) is 0 Å². The monoisotopic (exact) mass is 427 g/mol. The van der Waals surface area contributed by atoms with Gasteiger partial charge < -0.3 is 24.8 Å². The molecule has 0 nitrogen and oxygen atoms in total. The first-order valence-corrected chi connectivity index (χ1v) is 7.04. The molecule has 0 fully saturated rings. The van der Waals surface area contributed by atoms with Gasteiger partial charge in [-0.1, -0.05) is 0 Å². The van der Waals surface area contributed by atoms with Gasteiger partial charge in [-0.25, -0.2) is 0 Å². The van der Waals surface area contributed by atoms with Gasteiger partial charge in [0.2, 0.25) is 0 Å². The van der Waals surface area contributed by atoms with Crippen LogP contribution in [0.3, 0.4) is 0 Å². The second-order valence-corrected chi connectivity index (χ2v) is 0. The van der Waals surface area contributed by atoms with Gasteiger partial charge in [-0.15, -0.1) is 0 Å². The first kappa shape index (κ1) is 25.5. The van der Waals surface area contributed by atoms with Gasteiger partial charge in [-0.05, 0) is 0 Å². The number of hydrogen-bond donors (Lipinski definition) is 0. The second kappa shape index (κ2) is 30.6. The molecular weight excluding hydrogens is 426 g/mol. The largest absolute Gasteiger partial charge is 2.00 e. The molecule has 0 aromatic carbocycles. The van der Waals surface area contributed by atoms with Crippen LogP contribution >= 0.6 is 8.25 Å². The minimum absolute atomic E-state index is 0. The van der Waals surface area contributed by atoms with Crippen LogP contribution in [-0.2, 0) is 24.9 Å². The Morgan fingerprint density at radius 3 is 1.00 bits per heavy atom. The molecule has 5 heavy (non-hydrogen) atoms. The predicted molar refractivity (Wildman–Crippen MR) is 11.6 cm³/mol. The first-order valence-electron chi connectivity index (χ1n) is 0.267. The Hall–Kier alpha value is 2.60. The van der Waals surface area contributed by atoms with E-state index in [1.54, 1.807) is 0 Å². The SMILES string of the molecule is [Cl-].[Cl-].[Cl][Hg].[Sn+2]. The van der Waals surface area contributed by atoms with E-state index < -0.39 is 0 Å². The van der Waals surface area contributed by atoms with Gasteiger partial charge in [0.1, 0.15) is 0 Å². The third-order valence-electron chi connectivity index (χ3n) is 0. The van der Waals surface area contributed by atoms with E-state index in [4.69, 9.17) is 8.25 Å². The van der Waals surface area contributed by atoms with Crippen molar-refractivity contribution in [3.05, 3.63) is 0 Å². The molecule has 0 aromatic heterocycles. The fraction of sp³-hybridized carbons (Fsp3) is 0. The van der Waals surface area contributed by atoms with Gasteiger partial charge in [-0.3, -0.25) is 0 Å². The summed E-state index contributed by atoms with van der Waals surface area (Å²) in [4.78, 5) is 0. The van der Waals surface area contributed by atoms with E-state index in [-0.39, 0.29) is 48.7 Å². The third kappa shape index (κ3) is 20.6. The number of rotatable bonds is 0. The third-order valence-corrected chi connectivity index (χ3v) is 0. The molecule has 0 saturated carbocycles. The molecule has 0 N–H and O–H groups in total. The van der Waals surface area contributed by atoms with Gasteiger partial charge in [0.15, 0.2) is 0 Å². The van der Waals surface area contributed by atoms with E-state index >= 15 is 0 Å². The zero-order chi connectivity index (χ0) is 2.00. The molecule has 0 unspecified atom stereocenters. The van der Waals surface area contributed by atoms with Gasteiger partial charge in [-0.2, -0.15) is 0 Å². The summed E-state index contributed by atoms with van der Waals surface area (Å²) in [5.74, 6) is 0. The smallest absolute Gasteiger partial charge is 2.00 e. The van der Waals surface area contributed by atoms with Crippen molar-refractivity contribution in [2.75, 3.05) is 0 Å². The molecule has 0 aliphatic heterocycles. The van der Waals surface area contributed by atoms with Crippen LogP contribution in [-0.4, -0.2) is 23.9 Å². The average molecular weight is 426 g/mol. The minimum atomic E-state index is 0. The van der Waals surface area contributed by atoms with Crippen LogP contribution in [0, 0.1) is 0 Å². The van der Waals surface area contributed by atoms with Crippen molar-refractivity contribution >= 4 is 32.2 Å². The molecule has 2 radical (unpaired) electrons. The van der Waals surface area contributed by atoms with Crippen LogP contribution in [0.15, 0.2) is 0 Å². The zero-order valence-electron chi connectivity index (χ0n) is 2.34. The van der Waals surface area contributed by atoms with Crippen molar-refractivity contribution in [2.45, 2.75) is 0 Å². The van der Waals surface area contributed by atoms with Crippen molar-refractivity contribution in [3.63, 3.8) is 0 Å². The maximum atomic E-state index is 4.83. The van der Waals surface area contributed by atoms with Gasteiger partial charge in [0, 0.05) is 0 Å². The van der Waals surface area contributed by atoms with Gasteiger partial charge in [0.25, 0.3) is 0 Å². The summed E-state index contributed by atoms with van der Waals surface area (Å²) >= 11 is 0.500. The van der Waals surface area contributed by atoms with E-state index in [1.165, 1.54) is 0 Å². The Morgan fingerprint density at radius 1 is 1.00 bits per heavy atom. The van der Waals surface area contributed by atoms with E-state index in [2.05, 4.69) is 0 Å². The van der Waals surface area contributed by atoms with Crippen molar-refractivity contribution in [1.29, 1.82) is 0 Å². The summed E-state index contributed by atoms with van der Waals surface area (Å²) in [7, 11) is 4.83. The molecule has 27 valence electrons. The maximum Gasteiger partial charge on any atom is 2.00 e. The molecule has 0 aliphatic rings. The summed E-state index contributed by atoms with van der Waals surface area (Å²) in [6.45, 7) is 0. The van der Waals surface area contributed by atoms with Crippen LogP contribution in [0.4, 0.5) is 0 Å². The molecule has 0 bridgehead atoms. The molecule has 0 spiro atoms. The minimum Gasteiger partial charge on any atom is 2.00 e. The van der Waals surface area contributed by atoms with Crippen LogP contribution < -0.4 is 24.8 Å². The van der Waals surface area contributed by atoms with E-state index in [0.29, 0.717) is 24.9 Å². The van der Waals surface area contributed by atoms with Gasteiger partial charge in [0.05, 0.1) is 0 Å². The Morgan fingerprint density at radius 2 is 1.00 bits per heavy atom. The molecule has 5 heteroatoms. The zero-order valence-corrected chi connectivity index (χ0v) is 13.0. The number of halogens is 3.